The number of carbonyl (C=O) groups is 1. The minimum absolute atomic E-state index is 0. The fourth-order valence-electron chi connectivity index (χ4n) is 0.342. The summed E-state index contributed by atoms with van der Waals surface area (Å²) in [7, 11) is 0. The summed E-state index contributed by atoms with van der Waals surface area (Å²) < 4.78 is 0. The molecule has 0 aliphatic carbocycles. The van der Waals surface area contributed by atoms with Crippen LogP contribution in [0.5, 0.6) is 0 Å². The van der Waals surface area contributed by atoms with Crippen molar-refractivity contribution in [1.82, 2.24) is 0 Å². The van der Waals surface area contributed by atoms with Gasteiger partial charge in [0.25, 0.3) is 0 Å². The van der Waals surface area contributed by atoms with Crippen molar-refractivity contribution in [1.29, 1.82) is 0 Å². The first-order chi connectivity index (χ1) is 5.27. The molecule has 1 rings (SSSR count). The molecule has 60 valence electrons. The van der Waals surface area contributed by atoms with Gasteiger partial charge in [-0.05, 0) is 0 Å². The Morgan fingerprint density at radius 1 is 1.33 bits per heavy atom. The third-order valence-corrected chi connectivity index (χ3v) is 0.782. The second kappa shape index (κ2) is 10.7. The van der Waals surface area contributed by atoms with Crippen LogP contribution in [0.1, 0.15) is 0 Å². The van der Waals surface area contributed by atoms with Gasteiger partial charge in [0.05, 0.1) is 6.54 Å². The first kappa shape index (κ1) is 14.2. The molecule has 4 heteroatoms. The van der Waals surface area contributed by atoms with Crippen molar-refractivity contribution in [3.8, 4) is 0 Å². The van der Waals surface area contributed by atoms with Gasteiger partial charge in [-0.3, -0.25) is 4.79 Å². The number of hydrogen-bond donors (Lipinski definition) is 2. The number of carboxylic acids is 1. The van der Waals surface area contributed by atoms with Gasteiger partial charge >= 0.3 is 35.5 Å². The van der Waals surface area contributed by atoms with Crippen LogP contribution < -0.4 is 35.3 Å². The summed E-state index contributed by atoms with van der Waals surface area (Å²) in [4.78, 5) is 9.24. The number of rotatable bonds is 1. The third-order valence-electron chi connectivity index (χ3n) is 0.782. The zero-order valence-corrected chi connectivity index (χ0v) is 9.03. The Balaban J connectivity index is 0. The molecule has 12 heavy (non-hydrogen) atoms. The molecular weight excluding hydrogens is 165 g/mol. The number of hydrogen-bond acceptors (Lipinski definition) is 2. The Kier molecular flexibility index (Phi) is 12.6. The van der Waals surface area contributed by atoms with Crippen LogP contribution in [-0.2, 0) is 4.79 Å². The minimum Gasteiger partial charge on any atom is -0.480 e. The first-order valence-corrected chi connectivity index (χ1v) is 3.10. The SMILES string of the molecule is NCC(=O)O.[Na+].[c-]1ccccc1. The summed E-state index contributed by atoms with van der Waals surface area (Å²) in [5, 5.41) is 7.60. The molecule has 0 fully saturated rings. The maximum Gasteiger partial charge on any atom is 1.00 e. The molecule has 0 spiro atoms. The fraction of sp³-hybridized carbons (Fsp3) is 0.125. The largest absolute Gasteiger partial charge is 1.00 e. The summed E-state index contributed by atoms with van der Waals surface area (Å²) in [6.45, 7) is -0.278. The zero-order chi connectivity index (χ0) is 8.53. The van der Waals surface area contributed by atoms with Gasteiger partial charge in [0, 0.05) is 0 Å². The molecule has 0 aliphatic rings. The molecule has 0 saturated heterocycles. The quantitative estimate of drug-likeness (QED) is 0.367. The molecule has 0 bridgehead atoms. The summed E-state index contributed by atoms with van der Waals surface area (Å²) in [6, 6.07) is 12.5. The van der Waals surface area contributed by atoms with E-state index in [-0.39, 0.29) is 36.1 Å². The summed E-state index contributed by atoms with van der Waals surface area (Å²) in [5.41, 5.74) is 4.57. The molecule has 0 aromatic heterocycles. The summed E-state index contributed by atoms with van der Waals surface area (Å²) >= 11 is 0. The van der Waals surface area contributed by atoms with E-state index in [1.807, 2.05) is 30.3 Å². The van der Waals surface area contributed by atoms with E-state index in [1.54, 1.807) is 0 Å². The molecule has 0 atom stereocenters. The van der Waals surface area contributed by atoms with Crippen LogP contribution in [-0.4, -0.2) is 17.6 Å². The van der Waals surface area contributed by atoms with Crippen LogP contribution in [0.2, 0.25) is 0 Å². The van der Waals surface area contributed by atoms with Crippen molar-refractivity contribution in [3.63, 3.8) is 0 Å². The van der Waals surface area contributed by atoms with E-state index in [9.17, 15) is 4.79 Å². The van der Waals surface area contributed by atoms with E-state index in [2.05, 4.69) is 11.8 Å². The van der Waals surface area contributed by atoms with Gasteiger partial charge in [-0.25, -0.2) is 0 Å². The standard InChI is InChI=1S/C6H5.C2H5NO2.Na/c1-2-4-6-5-3-1;3-1-2(4)5;/h1-5H;1,3H2,(H,4,5);/q-1;;+1. The second-order valence-electron chi connectivity index (χ2n) is 1.68. The molecule has 0 unspecified atom stereocenters. The average molecular weight is 175 g/mol. The molecule has 0 aliphatic heterocycles. The van der Waals surface area contributed by atoms with Gasteiger partial charge in [0.15, 0.2) is 0 Å². The van der Waals surface area contributed by atoms with E-state index in [0.717, 1.165) is 0 Å². The normalized spacial score (nSPS) is 7.08. The topological polar surface area (TPSA) is 63.3 Å². The van der Waals surface area contributed by atoms with Crippen molar-refractivity contribution in [2.45, 2.75) is 0 Å². The Hall–Kier alpha value is -0.350. The average Bonchev–Trinajstić information content (AvgIpc) is 2.09. The number of carboxylic acid groups (broad SMARTS) is 1. The zero-order valence-electron chi connectivity index (χ0n) is 7.03. The predicted molar refractivity (Wildman–Crippen MR) is 42.0 cm³/mol. The number of nitrogens with two attached hydrogens (primary N) is 1. The van der Waals surface area contributed by atoms with Crippen LogP contribution in [0.25, 0.3) is 0 Å². The van der Waals surface area contributed by atoms with E-state index in [0.29, 0.717) is 0 Å². The van der Waals surface area contributed by atoms with Crippen LogP contribution in [0, 0.1) is 6.07 Å². The van der Waals surface area contributed by atoms with Crippen molar-refractivity contribution in [3.05, 3.63) is 36.4 Å². The maximum absolute atomic E-state index is 9.24. The van der Waals surface area contributed by atoms with Crippen molar-refractivity contribution in [2.24, 2.45) is 5.73 Å². The Morgan fingerprint density at radius 3 is 1.83 bits per heavy atom. The Labute approximate surface area is 93.9 Å². The second-order valence-corrected chi connectivity index (χ2v) is 1.68. The van der Waals surface area contributed by atoms with Crippen LogP contribution in [0.3, 0.4) is 0 Å². The fourth-order valence-corrected chi connectivity index (χ4v) is 0.342. The molecule has 0 heterocycles. The molecular formula is C8H10NNaO2. The molecule has 0 saturated carbocycles. The number of benzene rings is 1. The van der Waals surface area contributed by atoms with E-state index in [1.165, 1.54) is 0 Å². The monoisotopic (exact) mass is 175 g/mol. The molecule has 1 aromatic rings. The van der Waals surface area contributed by atoms with Gasteiger partial charge in [0.2, 0.25) is 0 Å². The van der Waals surface area contributed by atoms with Gasteiger partial charge < -0.3 is 10.8 Å². The number of aliphatic carboxylic acids is 1. The van der Waals surface area contributed by atoms with Gasteiger partial charge in [-0.2, -0.15) is 36.4 Å². The smallest absolute Gasteiger partial charge is 0.480 e. The van der Waals surface area contributed by atoms with Crippen LogP contribution in [0.4, 0.5) is 0 Å². The molecule has 3 nitrogen and oxygen atoms in total. The van der Waals surface area contributed by atoms with E-state index in [4.69, 9.17) is 5.11 Å². The minimum atomic E-state index is -0.968. The molecule has 3 N–H and O–H groups in total. The van der Waals surface area contributed by atoms with Crippen LogP contribution >= 0.6 is 0 Å². The Morgan fingerprint density at radius 2 is 1.75 bits per heavy atom. The van der Waals surface area contributed by atoms with Crippen molar-refractivity contribution < 1.29 is 39.5 Å². The predicted octanol–water partition coefficient (Wildman–Crippen LogP) is -2.48. The molecule has 1 aromatic carbocycles. The van der Waals surface area contributed by atoms with Crippen molar-refractivity contribution in [2.75, 3.05) is 6.54 Å². The van der Waals surface area contributed by atoms with Gasteiger partial charge in [-0.15, -0.1) is 0 Å². The van der Waals surface area contributed by atoms with Gasteiger partial charge in [0.1, 0.15) is 0 Å². The summed E-state index contributed by atoms with van der Waals surface area (Å²) in [5.74, 6) is -0.968. The summed E-state index contributed by atoms with van der Waals surface area (Å²) in [6.07, 6.45) is 0. The third kappa shape index (κ3) is 12.3. The molecule has 0 amide bonds. The Bertz CT molecular complexity index is 165. The van der Waals surface area contributed by atoms with Crippen LogP contribution in [0.15, 0.2) is 30.3 Å². The maximum atomic E-state index is 9.24. The van der Waals surface area contributed by atoms with E-state index >= 15 is 0 Å². The van der Waals surface area contributed by atoms with Crippen molar-refractivity contribution >= 4 is 5.97 Å². The van der Waals surface area contributed by atoms with Gasteiger partial charge in [-0.1, -0.05) is 0 Å². The van der Waals surface area contributed by atoms with E-state index < -0.39 is 5.97 Å². The first-order valence-electron chi connectivity index (χ1n) is 3.10. The molecule has 0 radical (unpaired) electrons.